The third-order valence-corrected chi connectivity index (χ3v) is 1.84. The predicted molar refractivity (Wildman–Crippen MR) is 65.1 cm³/mol. The topological polar surface area (TPSA) is 104 Å². The molecule has 0 aliphatic carbocycles. The number of hydrogen-bond acceptors (Lipinski definition) is 7. The number of aromatic nitrogens is 5. The van der Waals surface area contributed by atoms with Gasteiger partial charge in [0.2, 0.25) is 5.95 Å². The molecule has 3 N–H and O–H groups in total. The van der Waals surface area contributed by atoms with Crippen LogP contribution in [-0.4, -0.2) is 30.3 Å². The summed E-state index contributed by atoms with van der Waals surface area (Å²) in [6.07, 6.45) is 3.35. The van der Waals surface area contributed by atoms with Crippen LogP contribution in [0.3, 0.4) is 0 Å². The second-order valence-electron chi connectivity index (χ2n) is 4.55. The molecule has 0 saturated carbocycles. The predicted octanol–water partition coefficient (Wildman–Crippen LogP) is 0.520. The van der Waals surface area contributed by atoms with E-state index in [0.29, 0.717) is 5.95 Å². The van der Waals surface area contributed by atoms with Crippen LogP contribution in [0.5, 0.6) is 6.01 Å². The molecule has 0 saturated heterocycles. The fourth-order valence-corrected chi connectivity index (χ4v) is 1.22. The van der Waals surface area contributed by atoms with Gasteiger partial charge in [-0.05, 0) is 26.8 Å². The number of anilines is 1. The first-order valence-corrected chi connectivity index (χ1v) is 5.40. The molecular formula is C10H15N7O. The van der Waals surface area contributed by atoms with E-state index in [2.05, 4.69) is 25.5 Å². The Balaban J connectivity index is 2.39. The lowest BCUT2D eigenvalue weighted by molar-refractivity contribution is 0.116. The minimum absolute atomic E-state index is 0.191. The molecule has 2 aromatic rings. The van der Waals surface area contributed by atoms with Gasteiger partial charge in [-0.2, -0.15) is 20.1 Å². The van der Waals surface area contributed by atoms with Gasteiger partial charge in [-0.3, -0.25) is 5.43 Å². The third kappa shape index (κ3) is 2.92. The van der Waals surface area contributed by atoms with Crippen LogP contribution in [0.25, 0.3) is 5.95 Å². The highest BCUT2D eigenvalue weighted by Gasteiger charge is 2.16. The highest BCUT2D eigenvalue weighted by Crippen LogP contribution is 2.15. The van der Waals surface area contributed by atoms with Crippen LogP contribution in [0.4, 0.5) is 5.95 Å². The van der Waals surface area contributed by atoms with Gasteiger partial charge in [-0.25, -0.2) is 10.5 Å². The summed E-state index contributed by atoms with van der Waals surface area (Å²) in [5.41, 5.74) is 1.96. The standard InChI is InChI=1S/C10H15N7O/c1-10(2,3)18-9-14-7(16-11)13-8(15-9)17-6-4-5-12-17/h4-6H,11H2,1-3H3,(H,13,14,15,16). The Morgan fingerprint density at radius 2 is 2.06 bits per heavy atom. The average molecular weight is 249 g/mol. The molecule has 0 bridgehead atoms. The van der Waals surface area contributed by atoms with Crippen LogP contribution in [0.1, 0.15) is 20.8 Å². The molecule has 0 spiro atoms. The first-order chi connectivity index (χ1) is 8.48. The highest BCUT2D eigenvalue weighted by molar-refractivity contribution is 5.28. The van der Waals surface area contributed by atoms with E-state index in [1.807, 2.05) is 20.8 Å². The first kappa shape index (κ1) is 12.2. The fourth-order valence-electron chi connectivity index (χ4n) is 1.22. The molecule has 0 aliphatic heterocycles. The molecule has 0 atom stereocenters. The van der Waals surface area contributed by atoms with Gasteiger partial charge in [0, 0.05) is 12.4 Å². The van der Waals surface area contributed by atoms with Gasteiger partial charge in [-0.1, -0.05) is 0 Å². The second kappa shape index (κ2) is 4.57. The van der Waals surface area contributed by atoms with Crippen molar-refractivity contribution in [3.8, 4) is 12.0 Å². The maximum absolute atomic E-state index is 5.58. The quantitative estimate of drug-likeness (QED) is 0.603. The van der Waals surface area contributed by atoms with Crippen LogP contribution >= 0.6 is 0 Å². The zero-order valence-electron chi connectivity index (χ0n) is 10.5. The van der Waals surface area contributed by atoms with E-state index < -0.39 is 5.60 Å². The molecule has 18 heavy (non-hydrogen) atoms. The lowest BCUT2D eigenvalue weighted by Crippen LogP contribution is -2.25. The van der Waals surface area contributed by atoms with Crippen molar-refractivity contribution in [3.05, 3.63) is 18.5 Å². The van der Waals surface area contributed by atoms with Crippen molar-refractivity contribution >= 4 is 5.95 Å². The SMILES string of the molecule is CC(C)(C)Oc1nc(NN)nc(-n2cccn2)n1. The molecule has 8 heteroatoms. The summed E-state index contributed by atoms with van der Waals surface area (Å²) >= 11 is 0. The normalized spacial score (nSPS) is 11.3. The maximum atomic E-state index is 5.58. The van der Waals surface area contributed by atoms with Crippen molar-refractivity contribution in [2.45, 2.75) is 26.4 Å². The third-order valence-electron chi connectivity index (χ3n) is 1.84. The number of nitrogens with two attached hydrogens (primary N) is 1. The van der Waals surface area contributed by atoms with Crippen LogP contribution in [-0.2, 0) is 0 Å². The minimum atomic E-state index is -0.408. The molecule has 2 aromatic heterocycles. The van der Waals surface area contributed by atoms with E-state index in [1.54, 1.807) is 18.5 Å². The summed E-state index contributed by atoms with van der Waals surface area (Å²) in [7, 11) is 0. The molecule has 0 unspecified atom stereocenters. The summed E-state index contributed by atoms with van der Waals surface area (Å²) in [4.78, 5) is 12.3. The van der Waals surface area contributed by atoms with Crippen molar-refractivity contribution in [1.82, 2.24) is 24.7 Å². The van der Waals surface area contributed by atoms with Crippen molar-refractivity contribution in [3.63, 3.8) is 0 Å². The summed E-state index contributed by atoms with van der Waals surface area (Å²) in [6, 6.07) is 1.96. The van der Waals surface area contributed by atoms with Gasteiger partial charge in [-0.15, -0.1) is 0 Å². The Bertz CT molecular complexity index is 518. The zero-order valence-corrected chi connectivity index (χ0v) is 10.5. The van der Waals surface area contributed by atoms with Crippen LogP contribution in [0.2, 0.25) is 0 Å². The van der Waals surface area contributed by atoms with Gasteiger partial charge in [0.1, 0.15) is 5.60 Å². The van der Waals surface area contributed by atoms with E-state index in [9.17, 15) is 0 Å². The second-order valence-corrected chi connectivity index (χ2v) is 4.55. The van der Waals surface area contributed by atoms with Gasteiger partial charge >= 0.3 is 6.01 Å². The van der Waals surface area contributed by atoms with E-state index >= 15 is 0 Å². The number of rotatable bonds is 3. The monoisotopic (exact) mass is 249 g/mol. The molecule has 0 aliphatic rings. The maximum Gasteiger partial charge on any atom is 0.323 e. The number of hydrogen-bond donors (Lipinski definition) is 2. The Hall–Kier alpha value is -2.22. The van der Waals surface area contributed by atoms with Gasteiger partial charge < -0.3 is 4.74 Å². The molecule has 0 aromatic carbocycles. The van der Waals surface area contributed by atoms with Crippen molar-refractivity contribution in [2.24, 2.45) is 5.84 Å². The Kier molecular flexibility index (Phi) is 3.11. The number of nitrogens with zero attached hydrogens (tertiary/aromatic N) is 5. The minimum Gasteiger partial charge on any atom is -0.458 e. The molecule has 0 amide bonds. The number of ether oxygens (including phenoxy) is 1. The van der Waals surface area contributed by atoms with Crippen molar-refractivity contribution < 1.29 is 4.74 Å². The van der Waals surface area contributed by atoms with Gasteiger partial charge in [0.05, 0.1) is 0 Å². The van der Waals surface area contributed by atoms with Crippen LogP contribution in [0.15, 0.2) is 18.5 Å². The van der Waals surface area contributed by atoms with Crippen LogP contribution < -0.4 is 16.0 Å². The Morgan fingerprint density at radius 1 is 1.28 bits per heavy atom. The van der Waals surface area contributed by atoms with Gasteiger partial charge in [0.15, 0.2) is 0 Å². The summed E-state index contributed by atoms with van der Waals surface area (Å²) in [5.74, 6) is 5.87. The Labute approximate surface area is 104 Å². The van der Waals surface area contributed by atoms with Crippen LogP contribution in [0, 0.1) is 0 Å². The molecule has 2 rings (SSSR count). The van der Waals surface area contributed by atoms with E-state index in [4.69, 9.17) is 10.6 Å². The summed E-state index contributed by atoms with van der Waals surface area (Å²) in [5, 5.41) is 4.04. The lowest BCUT2D eigenvalue weighted by atomic mass is 10.2. The van der Waals surface area contributed by atoms with E-state index in [-0.39, 0.29) is 12.0 Å². The number of nitrogens with one attached hydrogen (secondary N) is 1. The van der Waals surface area contributed by atoms with Gasteiger partial charge in [0.25, 0.3) is 5.95 Å². The molecule has 0 fully saturated rings. The zero-order chi connectivity index (χ0) is 13.2. The Morgan fingerprint density at radius 3 is 2.61 bits per heavy atom. The van der Waals surface area contributed by atoms with Crippen molar-refractivity contribution in [1.29, 1.82) is 0 Å². The first-order valence-electron chi connectivity index (χ1n) is 5.40. The smallest absolute Gasteiger partial charge is 0.323 e. The summed E-state index contributed by atoms with van der Waals surface area (Å²) in [6.45, 7) is 5.71. The van der Waals surface area contributed by atoms with Crippen molar-refractivity contribution in [2.75, 3.05) is 5.43 Å². The lowest BCUT2D eigenvalue weighted by Gasteiger charge is -2.19. The molecule has 0 radical (unpaired) electrons. The summed E-state index contributed by atoms with van der Waals surface area (Å²) < 4.78 is 7.08. The van der Waals surface area contributed by atoms with E-state index in [0.717, 1.165) is 0 Å². The van der Waals surface area contributed by atoms with E-state index in [1.165, 1.54) is 4.68 Å². The molecular weight excluding hydrogens is 234 g/mol. The number of hydrazine groups is 1. The largest absolute Gasteiger partial charge is 0.458 e. The molecule has 8 nitrogen and oxygen atoms in total. The molecule has 96 valence electrons. The fraction of sp³-hybridized carbons (Fsp3) is 0.400. The average Bonchev–Trinajstić information content (AvgIpc) is 2.79. The molecule has 2 heterocycles. The number of nitrogen functional groups attached to an aromatic ring is 1. The highest BCUT2D eigenvalue weighted by atomic mass is 16.5.